The summed E-state index contributed by atoms with van der Waals surface area (Å²) in [6.07, 6.45) is 4.18. The van der Waals surface area contributed by atoms with Gasteiger partial charge in [0.2, 0.25) is 12.3 Å². The van der Waals surface area contributed by atoms with Gasteiger partial charge in [-0.25, -0.2) is 0 Å². The van der Waals surface area contributed by atoms with E-state index in [2.05, 4.69) is 17.1 Å². The lowest BCUT2D eigenvalue weighted by Gasteiger charge is -1.98. The van der Waals surface area contributed by atoms with Crippen molar-refractivity contribution < 1.29 is 9.15 Å². The predicted octanol–water partition coefficient (Wildman–Crippen LogP) is 1.43. The fraction of sp³-hybridized carbons (Fsp3) is 0.750. The van der Waals surface area contributed by atoms with E-state index in [4.69, 9.17) is 9.15 Å². The van der Waals surface area contributed by atoms with E-state index >= 15 is 0 Å². The zero-order valence-corrected chi connectivity index (χ0v) is 7.32. The molecule has 12 heavy (non-hydrogen) atoms. The molecule has 0 saturated heterocycles. The van der Waals surface area contributed by atoms with E-state index in [1.54, 1.807) is 0 Å². The molecule has 0 aliphatic carbocycles. The van der Waals surface area contributed by atoms with Crippen molar-refractivity contribution in [3.8, 4) is 0 Å². The Morgan fingerprint density at radius 3 is 3.08 bits per heavy atom. The Morgan fingerprint density at radius 1 is 1.50 bits per heavy atom. The number of rotatable bonds is 6. The molecule has 4 heteroatoms. The summed E-state index contributed by atoms with van der Waals surface area (Å²) in [5, 5.41) is 7.34. The summed E-state index contributed by atoms with van der Waals surface area (Å²) in [6, 6.07) is 0. The third-order valence-electron chi connectivity index (χ3n) is 1.43. The molecule has 4 nitrogen and oxygen atoms in total. The molecule has 0 aliphatic rings. The van der Waals surface area contributed by atoms with Crippen molar-refractivity contribution in [2.75, 3.05) is 13.2 Å². The highest BCUT2D eigenvalue weighted by Crippen LogP contribution is 1.97. The molecular weight excluding hydrogens is 156 g/mol. The van der Waals surface area contributed by atoms with Crippen LogP contribution in [0.1, 0.15) is 25.7 Å². The zero-order chi connectivity index (χ0) is 8.65. The van der Waals surface area contributed by atoms with Crippen molar-refractivity contribution >= 4 is 0 Å². The van der Waals surface area contributed by atoms with Crippen LogP contribution in [0.5, 0.6) is 0 Å². The molecule has 1 rings (SSSR count). The summed E-state index contributed by atoms with van der Waals surface area (Å²) < 4.78 is 10.3. The molecule has 0 aliphatic heterocycles. The van der Waals surface area contributed by atoms with Crippen LogP contribution < -0.4 is 0 Å². The Morgan fingerprint density at radius 2 is 2.42 bits per heavy atom. The smallest absolute Gasteiger partial charge is 0.216 e. The molecule has 0 radical (unpaired) electrons. The number of ether oxygens (including phenoxy) is 1. The minimum Gasteiger partial charge on any atom is -0.428 e. The molecule has 0 unspecified atom stereocenters. The van der Waals surface area contributed by atoms with Gasteiger partial charge in [-0.05, 0) is 12.8 Å². The van der Waals surface area contributed by atoms with E-state index in [1.165, 1.54) is 6.39 Å². The van der Waals surface area contributed by atoms with Gasteiger partial charge >= 0.3 is 0 Å². The minimum absolute atomic E-state index is 0.690. The first-order valence-electron chi connectivity index (χ1n) is 4.26. The molecule has 1 aromatic rings. The van der Waals surface area contributed by atoms with E-state index in [0.717, 1.165) is 32.5 Å². The second-order valence-electron chi connectivity index (χ2n) is 2.55. The first-order valence-corrected chi connectivity index (χ1v) is 4.26. The second kappa shape index (κ2) is 5.71. The average molecular weight is 170 g/mol. The Hall–Kier alpha value is -0.900. The van der Waals surface area contributed by atoms with Crippen molar-refractivity contribution in [3.05, 3.63) is 12.3 Å². The number of hydrogen-bond donors (Lipinski definition) is 0. The van der Waals surface area contributed by atoms with Crippen molar-refractivity contribution in [1.29, 1.82) is 0 Å². The topological polar surface area (TPSA) is 48.2 Å². The second-order valence-corrected chi connectivity index (χ2v) is 2.55. The lowest BCUT2D eigenvalue weighted by atomic mass is 10.3. The van der Waals surface area contributed by atoms with Crippen LogP contribution in [0.15, 0.2) is 10.8 Å². The first kappa shape index (κ1) is 9.19. The van der Waals surface area contributed by atoms with Crippen LogP contribution in [0.2, 0.25) is 0 Å². The maximum Gasteiger partial charge on any atom is 0.216 e. The van der Waals surface area contributed by atoms with Crippen LogP contribution in [0.4, 0.5) is 0 Å². The van der Waals surface area contributed by atoms with Crippen LogP contribution in [0.25, 0.3) is 0 Å². The third kappa shape index (κ3) is 3.48. The van der Waals surface area contributed by atoms with Crippen LogP contribution in [-0.4, -0.2) is 23.4 Å². The van der Waals surface area contributed by atoms with E-state index < -0.39 is 0 Å². The fourth-order valence-corrected chi connectivity index (χ4v) is 0.877. The van der Waals surface area contributed by atoms with Gasteiger partial charge in [-0.1, -0.05) is 6.92 Å². The summed E-state index contributed by atoms with van der Waals surface area (Å²) in [4.78, 5) is 0. The lowest BCUT2D eigenvalue weighted by molar-refractivity contribution is 0.131. The van der Waals surface area contributed by atoms with E-state index in [9.17, 15) is 0 Å². The molecule has 1 aromatic heterocycles. The van der Waals surface area contributed by atoms with Gasteiger partial charge in [0.15, 0.2) is 0 Å². The van der Waals surface area contributed by atoms with E-state index in [0.29, 0.717) is 5.89 Å². The van der Waals surface area contributed by atoms with Gasteiger partial charge in [0, 0.05) is 19.6 Å². The van der Waals surface area contributed by atoms with Crippen molar-refractivity contribution in [2.24, 2.45) is 0 Å². The molecule has 0 aromatic carbocycles. The first-order chi connectivity index (χ1) is 5.93. The highest BCUT2D eigenvalue weighted by atomic mass is 16.5. The van der Waals surface area contributed by atoms with Crippen LogP contribution >= 0.6 is 0 Å². The standard InChI is InChI=1S/C8H14N2O2/c1-2-5-11-6-3-4-8-10-9-7-12-8/h7H,2-6H2,1H3. The predicted molar refractivity (Wildman–Crippen MR) is 43.7 cm³/mol. The molecule has 68 valence electrons. The summed E-state index contributed by atoms with van der Waals surface area (Å²) >= 11 is 0. The van der Waals surface area contributed by atoms with Crippen molar-refractivity contribution in [1.82, 2.24) is 10.2 Å². The van der Waals surface area contributed by atoms with Crippen LogP contribution in [-0.2, 0) is 11.2 Å². The van der Waals surface area contributed by atoms with E-state index in [1.807, 2.05) is 0 Å². The molecule has 0 amide bonds. The van der Waals surface area contributed by atoms with Crippen molar-refractivity contribution in [2.45, 2.75) is 26.2 Å². The Labute approximate surface area is 71.9 Å². The minimum atomic E-state index is 0.690. The highest BCUT2D eigenvalue weighted by Gasteiger charge is 1.97. The van der Waals surface area contributed by atoms with Gasteiger partial charge < -0.3 is 9.15 Å². The molecule has 0 bridgehead atoms. The quantitative estimate of drug-likeness (QED) is 0.606. The summed E-state index contributed by atoms with van der Waals surface area (Å²) in [6.45, 7) is 3.71. The molecule has 0 fully saturated rings. The summed E-state index contributed by atoms with van der Waals surface area (Å²) in [5.74, 6) is 0.690. The molecular formula is C8H14N2O2. The fourth-order valence-electron chi connectivity index (χ4n) is 0.877. The third-order valence-corrected chi connectivity index (χ3v) is 1.43. The number of aryl methyl sites for hydroxylation is 1. The molecule has 0 N–H and O–H groups in total. The van der Waals surface area contributed by atoms with Crippen LogP contribution in [0, 0.1) is 0 Å². The number of nitrogens with zero attached hydrogens (tertiary/aromatic N) is 2. The van der Waals surface area contributed by atoms with Gasteiger partial charge in [-0.15, -0.1) is 10.2 Å². The number of aromatic nitrogens is 2. The number of hydrogen-bond acceptors (Lipinski definition) is 4. The molecule has 0 saturated carbocycles. The Kier molecular flexibility index (Phi) is 4.37. The summed E-state index contributed by atoms with van der Waals surface area (Å²) in [7, 11) is 0. The highest BCUT2D eigenvalue weighted by molar-refractivity contribution is 4.71. The Balaban J connectivity index is 1.96. The monoisotopic (exact) mass is 170 g/mol. The largest absolute Gasteiger partial charge is 0.428 e. The SMILES string of the molecule is CCCOCCCc1nnco1. The van der Waals surface area contributed by atoms with Crippen molar-refractivity contribution in [3.63, 3.8) is 0 Å². The summed E-state index contributed by atoms with van der Waals surface area (Å²) in [5.41, 5.74) is 0. The molecule has 0 spiro atoms. The van der Waals surface area contributed by atoms with Gasteiger partial charge in [0.05, 0.1) is 0 Å². The average Bonchev–Trinajstić information content (AvgIpc) is 2.57. The van der Waals surface area contributed by atoms with Gasteiger partial charge in [-0.2, -0.15) is 0 Å². The lowest BCUT2D eigenvalue weighted by Crippen LogP contribution is -1.97. The van der Waals surface area contributed by atoms with Gasteiger partial charge in [-0.3, -0.25) is 0 Å². The zero-order valence-electron chi connectivity index (χ0n) is 7.32. The maximum absolute atomic E-state index is 5.29. The molecule has 0 atom stereocenters. The van der Waals surface area contributed by atoms with E-state index in [-0.39, 0.29) is 0 Å². The van der Waals surface area contributed by atoms with Crippen LogP contribution in [0.3, 0.4) is 0 Å². The Bertz CT molecular complexity index is 187. The van der Waals surface area contributed by atoms with Gasteiger partial charge in [0.1, 0.15) is 0 Å². The van der Waals surface area contributed by atoms with Gasteiger partial charge in [0.25, 0.3) is 0 Å². The normalized spacial score (nSPS) is 10.4. The molecule has 1 heterocycles. The maximum atomic E-state index is 5.29.